The second kappa shape index (κ2) is 4.59. The number of nitrogens with zero attached hydrogens (tertiary/aromatic N) is 1. The van der Waals surface area contributed by atoms with Gasteiger partial charge in [0.15, 0.2) is 12.3 Å². The molecule has 0 saturated heterocycles. The van der Waals surface area contributed by atoms with Crippen LogP contribution in [-0.4, -0.2) is 10.3 Å². The zero-order chi connectivity index (χ0) is 14.3. The highest BCUT2D eigenvalue weighted by Gasteiger charge is 2.42. The molecular formula is C19H22N+. The van der Waals surface area contributed by atoms with Crippen LogP contribution in [0.2, 0.25) is 0 Å². The smallest absolute Gasteiger partial charge is 0.195 e. The minimum atomic E-state index is 0.121. The second-order valence-electron chi connectivity index (χ2n) is 6.30. The van der Waals surface area contributed by atoms with Crippen LogP contribution in [-0.2, 0) is 12.0 Å². The minimum Gasteiger partial charge on any atom is -0.195 e. The Labute approximate surface area is 121 Å². The van der Waals surface area contributed by atoms with Crippen molar-refractivity contribution in [2.24, 2.45) is 0 Å². The van der Waals surface area contributed by atoms with E-state index in [4.69, 9.17) is 0 Å². The second-order valence-corrected chi connectivity index (χ2v) is 6.30. The minimum absolute atomic E-state index is 0.121. The van der Waals surface area contributed by atoms with E-state index in [2.05, 4.69) is 80.8 Å². The molecule has 0 bridgehead atoms. The van der Waals surface area contributed by atoms with Gasteiger partial charge in [0.05, 0.1) is 5.41 Å². The lowest BCUT2D eigenvalue weighted by atomic mass is 9.82. The van der Waals surface area contributed by atoms with Gasteiger partial charge in [-0.25, -0.2) is 0 Å². The molecule has 0 atom stereocenters. The summed E-state index contributed by atoms with van der Waals surface area (Å²) in [6.45, 7) is 10.0. The molecule has 1 nitrogen and oxygen atoms in total. The van der Waals surface area contributed by atoms with Crippen LogP contribution in [0.5, 0.6) is 0 Å². The highest BCUT2D eigenvalue weighted by molar-refractivity contribution is 5.93. The van der Waals surface area contributed by atoms with Gasteiger partial charge in [0.25, 0.3) is 0 Å². The first kappa shape index (κ1) is 13.1. The molecule has 0 aromatic heterocycles. The highest BCUT2D eigenvalue weighted by atomic mass is 15.1. The van der Waals surface area contributed by atoms with Gasteiger partial charge in [-0.3, -0.25) is 0 Å². The molecule has 102 valence electrons. The van der Waals surface area contributed by atoms with E-state index in [1.165, 1.54) is 28.1 Å². The third kappa shape index (κ3) is 1.98. The Hall–Kier alpha value is -1.89. The maximum absolute atomic E-state index is 2.46. The van der Waals surface area contributed by atoms with Crippen LogP contribution < -0.4 is 0 Å². The van der Waals surface area contributed by atoms with E-state index < -0.39 is 0 Å². The zero-order valence-corrected chi connectivity index (χ0v) is 12.8. The third-order valence-electron chi connectivity index (χ3n) is 4.61. The number of fused-ring (bicyclic) bond motifs is 1. The van der Waals surface area contributed by atoms with Gasteiger partial charge in [-0.15, -0.1) is 0 Å². The molecule has 0 spiro atoms. The van der Waals surface area contributed by atoms with Crippen LogP contribution >= 0.6 is 0 Å². The normalized spacial score (nSPS) is 16.4. The zero-order valence-electron chi connectivity index (χ0n) is 12.8. The van der Waals surface area contributed by atoms with E-state index in [0.29, 0.717) is 0 Å². The van der Waals surface area contributed by atoms with Gasteiger partial charge in [0.1, 0.15) is 0 Å². The number of hydrogen-bond acceptors (Lipinski definition) is 0. The van der Waals surface area contributed by atoms with Crippen LogP contribution in [0.3, 0.4) is 0 Å². The molecule has 2 aromatic carbocycles. The van der Waals surface area contributed by atoms with E-state index >= 15 is 0 Å². The molecule has 0 fully saturated rings. The molecule has 20 heavy (non-hydrogen) atoms. The summed E-state index contributed by atoms with van der Waals surface area (Å²) in [7, 11) is 0. The van der Waals surface area contributed by atoms with Gasteiger partial charge in [0.2, 0.25) is 5.69 Å². The average molecular weight is 264 g/mol. The molecule has 2 aromatic rings. The van der Waals surface area contributed by atoms with Crippen molar-refractivity contribution in [2.75, 3.05) is 0 Å². The Morgan fingerprint density at radius 2 is 1.65 bits per heavy atom. The fourth-order valence-electron chi connectivity index (χ4n) is 3.07. The van der Waals surface area contributed by atoms with Crippen molar-refractivity contribution < 1.29 is 4.58 Å². The number of benzene rings is 2. The molecule has 0 N–H and O–H groups in total. The number of hydrogen-bond donors (Lipinski definition) is 0. The van der Waals surface area contributed by atoms with Crippen molar-refractivity contribution >= 4 is 11.4 Å². The van der Waals surface area contributed by atoms with Crippen LogP contribution in [0.1, 0.15) is 37.5 Å². The topological polar surface area (TPSA) is 3.01 Å². The van der Waals surface area contributed by atoms with E-state index in [1.807, 2.05) is 0 Å². The predicted octanol–water partition coefficient (Wildman–Crippen LogP) is 4.59. The van der Waals surface area contributed by atoms with E-state index in [0.717, 1.165) is 6.54 Å². The van der Waals surface area contributed by atoms with Crippen LogP contribution in [0, 0.1) is 6.92 Å². The Morgan fingerprint density at radius 3 is 2.35 bits per heavy atom. The van der Waals surface area contributed by atoms with E-state index in [9.17, 15) is 0 Å². The molecule has 1 heteroatoms. The Morgan fingerprint density at radius 1 is 0.950 bits per heavy atom. The molecule has 0 radical (unpaired) electrons. The maximum Gasteiger partial charge on any atom is 0.209 e. The van der Waals surface area contributed by atoms with Crippen LogP contribution in [0.4, 0.5) is 5.69 Å². The van der Waals surface area contributed by atoms with Gasteiger partial charge >= 0.3 is 0 Å². The first-order chi connectivity index (χ1) is 9.50. The molecule has 0 saturated carbocycles. The third-order valence-corrected chi connectivity index (χ3v) is 4.61. The van der Waals surface area contributed by atoms with Crippen LogP contribution in [0.15, 0.2) is 48.5 Å². The summed E-state index contributed by atoms with van der Waals surface area (Å²) in [6.07, 6.45) is 0. The summed E-state index contributed by atoms with van der Waals surface area (Å²) in [5.41, 5.74) is 7.06. The summed E-state index contributed by atoms with van der Waals surface area (Å²) in [4.78, 5) is 0. The Balaban J connectivity index is 2.09. The fourth-order valence-corrected chi connectivity index (χ4v) is 3.07. The van der Waals surface area contributed by atoms with Crippen molar-refractivity contribution in [3.05, 3.63) is 65.2 Å². The van der Waals surface area contributed by atoms with Gasteiger partial charge in [-0.2, -0.15) is 4.58 Å². The van der Waals surface area contributed by atoms with Crippen molar-refractivity contribution in [3.8, 4) is 0 Å². The average Bonchev–Trinajstić information content (AvgIpc) is 2.62. The molecule has 1 heterocycles. The summed E-state index contributed by atoms with van der Waals surface area (Å²) in [5.74, 6) is 0. The Bertz CT molecular complexity index is 678. The predicted molar refractivity (Wildman–Crippen MR) is 85.0 cm³/mol. The quantitative estimate of drug-likeness (QED) is 0.698. The molecule has 3 rings (SSSR count). The largest absolute Gasteiger partial charge is 0.209 e. The first-order valence-electron chi connectivity index (χ1n) is 7.27. The summed E-state index contributed by atoms with van der Waals surface area (Å²) in [5, 5.41) is 0. The number of rotatable bonds is 2. The first-order valence-corrected chi connectivity index (χ1v) is 7.27. The monoisotopic (exact) mass is 264 g/mol. The fraction of sp³-hybridized carbons (Fsp3) is 0.316. The van der Waals surface area contributed by atoms with Crippen molar-refractivity contribution in [2.45, 2.75) is 39.7 Å². The van der Waals surface area contributed by atoms with Crippen molar-refractivity contribution in [3.63, 3.8) is 0 Å². The van der Waals surface area contributed by atoms with Gasteiger partial charge in [-0.05, 0) is 26.8 Å². The lowest BCUT2D eigenvalue weighted by Crippen LogP contribution is -2.26. The maximum atomic E-state index is 2.46. The Kier molecular flexibility index (Phi) is 3.01. The summed E-state index contributed by atoms with van der Waals surface area (Å²) < 4.78 is 2.46. The van der Waals surface area contributed by atoms with Crippen molar-refractivity contribution in [1.82, 2.24) is 0 Å². The summed E-state index contributed by atoms with van der Waals surface area (Å²) >= 11 is 0. The van der Waals surface area contributed by atoms with Crippen LogP contribution in [0.25, 0.3) is 0 Å². The molecule has 0 unspecified atom stereocenters. The van der Waals surface area contributed by atoms with E-state index in [1.54, 1.807) is 0 Å². The van der Waals surface area contributed by atoms with Gasteiger partial charge in [-0.1, -0.05) is 42.0 Å². The molecule has 1 aliphatic heterocycles. The number of aryl methyl sites for hydroxylation is 1. The summed E-state index contributed by atoms with van der Waals surface area (Å²) in [6, 6.07) is 17.5. The lowest BCUT2D eigenvalue weighted by Gasteiger charge is -2.15. The van der Waals surface area contributed by atoms with Gasteiger partial charge in [0, 0.05) is 24.1 Å². The van der Waals surface area contributed by atoms with E-state index in [-0.39, 0.29) is 5.41 Å². The van der Waals surface area contributed by atoms with Crippen molar-refractivity contribution in [1.29, 1.82) is 0 Å². The SMILES string of the molecule is CC1=[N+](Cc2ccccc2)c2ccc(C)cc2C1(C)C. The highest BCUT2D eigenvalue weighted by Crippen LogP contribution is 2.40. The molecule has 0 aliphatic carbocycles. The molecule has 0 amide bonds. The standard InChI is InChI=1S/C19H22N/c1-14-10-11-18-17(12-14)19(3,4)15(2)20(18)13-16-8-6-5-7-9-16/h5-12H,13H2,1-4H3/q+1. The molecular weight excluding hydrogens is 242 g/mol. The molecule has 1 aliphatic rings. The van der Waals surface area contributed by atoms with Gasteiger partial charge < -0.3 is 0 Å². The lowest BCUT2D eigenvalue weighted by molar-refractivity contribution is -0.456.